The molecular weight excluding hydrogens is 456 g/mol. The van der Waals surface area contributed by atoms with Crippen LogP contribution in [0.2, 0.25) is 0 Å². The van der Waals surface area contributed by atoms with E-state index in [2.05, 4.69) is 40.2 Å². The van der Waals surface area contributed by atoms with Crippen molar-refractivity contribution in [3.8, 4) is 0 Å². The minimum absolute atomic E-state index is 0.169. The van der Waals surface area contributed by atoms with Crippen LogP contribution in [0.3, 0.4) is 0 Å². The Kier molecular flexibility index (Phi) is 11.3. The molecule has 2 N–H and O–H groups in total. The summed E-state index contributed by atoms with van der Waals surface area (Å²) < 4.78 is 4.54. The number of methoxy groups -OCH3 is 1. The van der Waals surface area contributed by atoms with Crippen molar-refractivity contribution < 1.29 is 19.1 Å². The van der Waals surface area contributed by atoms with Gasteiger partial charge in [0.25, 0.3) is 5.91 Å². The van der Waals surface area contributed by atoms with Gasteiger partial charge in [-0.2, -0.15) is 5.10 Å². The van der Waals surface area contributed by atoms with Crippen molar-refractivity contribution >= 4 is 24.3 Å². The standard InChI is InChI=1S/C17H19N3O2.C8H15NO.C3H8O/c1-11-6-12(2)8-14(7-11)20(17(3)4-5-17)16(22)15-9-13(10-21)18-19-15;1-7-2-4-8(5-3-7)9-6-10;1-3-4-2/h6-10H,4-5H2,1-3H3,(H,18,19);6-8H,2-5H2,1H3,(H,9,10);3H2,1-2H3. The number of aromatic nitrogens is 2. The number of H-pyrrole nitrogens is 1. The van der Waals surface area contributed by atoms with Gasteiger partial charge in [-0.1, -0.05) is 13.0 Å². The molecule has 1 aromatic heterocycles. The van der Waals surface area contributed by atoms with E-state index in [-0.39, 0.29) is 17.1 Å². The van der Waals surface area contributed by atoms with Gasteiger partial charge in [0.15, 0.2) is 12.0 Å². The summed E-state index contributed by atoms with van der Waals surface area (Å²) in [5.41, 5.74) is 3.54. The van der Waals surface area contributed by atoms with Crippen LogP contribution in [-0.4, -0.2) is 54.1 Å². The Morgan fingerprint density at radius 3 is 2.17 bits per heavy atom. The van der Waals surface area contributed by atoms with Gasteiger partial charge >= 0.3 is 0 Å². The van der Waals surface area contributed by atoms with E-state index in [1.165, 1.54) is 31.7 Å². The lowest BCUT2D eigenvalue weighted by Gasteiger charge is -2.29. The Hall–Kier alpha value is -3.00. The average Bonchev–Trinajstić information content (AvgIpc) is 3.39. The van der Waals surface area contributed by atoms with Gasteiger partial charge in [-0.05, 0) is 101 Å². The number of nitrogens with zero attached hydrogens (tertiary/aromatic N) is 2. The Balaban J connectivity index is 0.000000270. The van der Waals surface area contributed by atoms with Gasteiger partial charge in [0.1, 0.15) is 0 Å². The van der Waals surface area contributed by atoms with Crippen LogP contribution in [0.5, 0.6) is 0 Å². The van der Waals surface area contributed by atoms with E-state index >= 15 is 0 Å². The van der Waals surface area contributed by atoms with E-state index in [9.17, 15) is 14.4 Å². The lowest BCUT2D eigenvalue weighted by Crippen LogP contribution is -2.41. The molecule has 1 heterocycles. The molecule has 8 nitrogen and oxygen atoms in total. The van der Waals surface area contributed by atoms with Crippen LogP contribution < -0.4 is 10.2 Å². The zero-order chi connectivity index (χ0) is 26.7. The highest BCUT2D eigenvalue weighted by atomic mass is 16.5. The molecule has 2 aliphatic rings. The van der Waals surface area contributed by atoms with Crippen LogP contribution in [0.1, 0.15) is 91.4 Å². The highest BCUT2D eigenvalue weighted by Gasteiger charge is 2.47. The number of aryl methyl sites for hydroxylation is 2. The average molecular weight is 499 g/mol. The fourth-order valence-corrected chi connectivity index (χ4v) is 4.30. The zero-order valence-corrected chi connectivity index (χ0v) is 22.6. The second-order valence-corrected chi connectivity index (χ2v) is 10.1. The summed E-state index contributed by atoms with van der Waals surface area (Å²) in [6.45, 7) is 11.2. The topological polar surface area (TPSA) is 104 Å². The first-order valence-corrected chi connectivity index (χ1v) is 12.8. The Morgan fingerprint density at radius 2 is 1.72 bits per heavy atom. The molecule has 2 saturated carbocycles. The maximum atomic E-state index is 12.9. The first-order chi connectivity index (χ1) is 17.2. The summed E-state index contributed by atoms with van der Waals surface area (Å²) >= 11 is 0. The third kappa shape index (κ3) is 8.59. The molecule has 36 heavy (non-hydrogen) atoms. The van der Waals surface area contributed by atoms with Crippen LogP contribution in [0, 0.1) is 19.8 Å². The third-order valence-corrected chi connectivity index (χ3v) is 6.73. The predicted molar refractivity (Wildman–Crippen MR) is 143 cm³/mol. The fraction of sp³-hybridized carbons (Fsp3) is 0.571. The highest BCUT2D eigenvalue weighted by molar-refractivity contribution is 6.06. The normalized spacial score (nSPS) is 19.5. The minimum Gasteiger partial charge on any atom is -0.385 e. The molecule has 0 atom stereocenters. The summed E-state index contributed by atoms with van der Waals surface area (Å²) in [7, 11) is 1.68. The minimum atomic E-state index is -0.172. The smallest absolute Gasteiger partial charge is 0.279 e. The van der Waals surface area contributed by atoms with E-state index < -0.39 is 0 Å². The quantitative estimate of drug-likeness (QED) is 0.523. The van der Waals surface area contributed by atoms with Gasteiger partial charge in [0.2, 0.25) is 6.41 Å². The van der Waals surface area contributed by atoms with Crippen LogP contribution in [0.25, 0.3) is 0 Å². The van der Waals surface area contributed by atoms with Crippen molar-refractivity contribution in [2.75, 3.05) is 18.6 Å². The second-order valence-electron chi connectivity index (χ2n) is 10.1. The summed E-state index contributed by atoms with van der Waals surface area (Å²) in [5, 5.41) is 9.37. The first kappa shape index (κ1) is 29.2. The molecule has 0 saturated heterocycles. The van der Waals surface area contributed by atoms with Gasteiger partial charge < -0.3 is 15.0 Å². The molecule has 0 radical (unpaired) electrons. The molecule has 2 amide bonds. The molecule has 2 aliphatic carbocycles. The fourth-order valence-electron chi connectivity index (χ4n) is 4.30. The van der Waals surface area contributed by atoms with Gasteiger partial charge in [-0.3, -0.25) is 19.5 Å². The highest BCUT2D eigenvalue weighted by Crippen LogP contribution is 2.44. The predicted octanol–water partition coefficient (Wildman–Crippen LogP) is 5.00. The SMILES string of the molecule is CC1CCC(NC=O)CC1.CCOC.Cc1cc(C)cc(N(C(=O)c2cc(C=O)[nH]n2)C2(C)CC2)c1. The number of anilines is 1. The Labute approximate surface area is 215 Å². The Bertz CT molecular complexity index is 969. The number of ether oxygens (including phenoxy) is 1. The molecule has 198 valence electrons. The molecule has 0 unspecified atom stereocenters. The van der Waals surface area contributed by atoms with E-state index in [0.29, 0.717) is 18.0 Å². The molecule has 8 heteroatoms. The van der Waals surface area contributed by atoms with Crippen molar-refractivity contribution in [2.24, 2.45) is 5.92 Å². The van der Waals surface area contributed by atoms with Gasteiger partial charge in [-0.15, -0.1) is 0 Å². The monoisotopic (exact) mass is 498 g/mol. The third-order valence-electron chi connectivity index (χ3n) is 6.73. The molecule has 0 spiro atoms. The number of rotatable bonds is 7. The van der Waals surface area contributed by atoms with Gasteiger partial charge in [0.05, 0.1) is 5.69 Å². The molecule has 2 fully saturated rings. The first-order valence-electron chi connectivity index (χ1n) is 12.8. The number of hydrogen-bond donors (Lipinski definition) is 2. The van der Waals surface area contributed by atoms with E-state index in [4.69, 9.17) is 0 Å². The van der Waals surface area contributed by atoms with Crippen LogP contribution >= 0.6 is 0 Å². The second kappa shape index (κ2) is 13.9. The number of aromatic amines is 1. The molecule has 0 bridgehead atoms. The van der Waals surface area contributed by atoms with Crippen LogP contribution in [-0.2, 0) is 9.53 Å². The van der Waals surface area contributed by atoms with Crippen molar-refractivity contribution in [2.45, 2.75) is 84.7 Å². The molecular formula is C28H42N4O4. The maximum absolute atomic E-state index is 12.9. The zero-order valence-electron chi connectivity index (χ0n) is 22.6. The lowest BCUT2D eigenvalue weighted by molar-refractivity contribution is -0.110. The summed E-state index contributed by atoms with van der Waals surface area (Å²) in [5.74, 6) is 0.694. The van der Waals surface area contributed by atoms with E-state index in [0.717, 1.165) is 48.6 Å². The largest absolute Gasteiger partial charge is 0.385 e. The molecule has 1 aromatic carbocycles. The number of benzene rings is 1. The Morgan fingerprint density at radius 1 is 1.14 bits per heavy atom. The number of aldehydes is 1. The number of carbonyl (C=O) groups is 3. The van der Waals surface area contributed by atoms with Gasteiger partial charge in [0, 0.05) is 31.0 Å². The van der Waals surface area contributed by atoms with Crippen LogP contribution in [0.4, 0.5) is 5.69 Å². The number of nitrogens with one attached hydrogen (secondary N) is 2. The summed E-state index contributed by atoms with van der Waals surface area (Å²) in [6.07, 6.45) is 8.29. The van der Waals surface area contributed by atoms with Crippen molar-refractivity contribution in [1.29, 1.82) is 0 Å². The number of amides is 2. The molecule has 4 rings (SSSR count). The lowest BCUT2D eigenvalue weighted by atomic mass is 9.87. The van der Waals surface area contributed by atoms with E-state index in [1.807, 2.05) is 37.8 Å². The maximum Gasteiger partial charge on any atom is 0.279 e. The number of carbonyl (C=O) groups excluding carboxylic acids is 3. The van der Waals surface area contributed by atoms with Crippen LogP contribution in [0.15, 0.2) is 24.3 Å². The van der Waals surface area contributed by atoms with E-state index in [1.54, 1.807) is 7.11 Å². The summed E-state index contributed by atoms with van der Waals surface area (Å²) in [4.78, 5) is 35.6. The van der Waals surface area contributed by atoms with Crippen molar-refractivity contribution in [3.05, 3.63) is 46.8 Å². The van der Waals surface area contributed by atoms with Crippen molar-refractivity contribution in [1.82, 2.24) is 15.5 Å². The summed E-state index contributed by atoms with van der Waals surface area (Å²) in [6, 6.07) is 8.08. The van der Waals surface area contributed by atoms with Crippen molar-refractivity contribution in [3.63, 3.8) is 0 Å². The van der Waals surface area contributed by atoms with Gasteiger partial charge in [-0.25, -0.2) is 0 Å². The molecule has 0 aliphatic heterocycles. The number of hydrogen-bond acceptors (Lipinski definition) is 5. The molecule has 2 aromatic rings.